The Labute approximate surface area is 147 Å². The molecule has 2 rings (SSSR count). The predicted octanol–water partition coefficient (Wildman–Crippen LogP) is 0.328. The van der Waals surface area contributed by atoms with E-state index in [4.69, 9.17) is 0 Å². The average Bonchev–Trinajstić information content (AvgIpc) is 2.62. The summed E-state index contributed by atoms with van der Waals surface area (Å²) in [6.45, 7) is 8.28. The average molecular weight is 347 g/mol. The van der Waals surface area contributed by atoms with Crippen LogP contribution in [-0.2, 0) is 9.59 Å². The van der Waals surface area contributed by atoms with E-state index in [0.29, 0.717) is 39.3 Å². The SMILES string of the molecule is CCN(CCC(=O)N1CCN(C(C)=O)CC1)C(=O)c1cnc(C)cn1. The highest BCUT2D eigenvalue weighted by molar-refractivity contribution is 5.92. The molecule has 0 saturated carbocycles. The molecule has 2 heterocycles. The van der Waals surface area contributed by atoms with Crippen molar-refractivity contribution in [3.8, 4) is 0 Å². The molecule has 1 aromatic rings. The van der Waals surface area contributed by atoms with Gasteiger partial charge in [0.05, 0.1) is 11.9 Å². The molecule has 136 valence electrons. The molecular weight excluding hydrogens is 322 g/mol. The first-order valence-corrected chi connectivity index (χ1v) is 8.53. The van der Waals surface area contributed by atoms with Crippen LogP contribution in [0.15, 0.2) is 12.4 Å². The van der Waals surface area contributed by atoms with Gasteiger partial charge in [-0.05, 0) is 13.8 Å². The van der Waals surface area contributed by atoms with Gasteiger partial charge in [-0.1, -0.05) is 0 Å². The molecule has 0 bridgehead atoms. The van der Waals surface area contributed by atoms with Crippen molar-refractivity contribution in [1.82, 2.24) is 24.7 Å². The summed E-state index contributed by atoms with van der Waals surface area (Å²) in [6, 6.07) is 0. The summed E-state index contributed by atoms with van der Waals surface area (Å²) in [6.07, 6.45) is 3.28. The van der Waals surface area contributed by atoms with Crippen LogP contribution in [0.3, 0.4) is 0 Å². The number of carbonyl (C=O) groups is 3. The van der Waals surface area contributed by atoms with E-state index in [-0.39, 0.29) is 29.8 Å². The van der Waals surface area contributed by atoms with Crippen molar-refractivity contribution >= 4 is 17.7 Å². The highest BCUT2D eigenvalue weighted by Crippen LogP contribution is 2.07. The van der Waals surface area contributed by atoms with Gasteiger partial charge in [-0.25, -0.2) is 4.98 Å². The summed E-state index contributed by atoms with van der Waals surface area (Å²) in [7, 11) is 0. The molecule has 0 radical (unpaired) electrons. The van der Waals surface area contributed by atoms with Gasteiger partial charge in [0, 0.05) is 58.8 Å². The minimum Gasteiger partial charge on any atom is -0.339 e. The summed E-state index contributed by atoms with van der Waals surface area (Å²) in [4.78, 5) is 49.4. The van der Waals surface area contributed by atoms with E-state index >= 15 is 0 Å². The van der Waals surface area contributed by atoms with Crippen molar-refractivity contribution in [2.45, 2.75) is 27.2 Å². The largest absolute Gasteiger partial charge is 0.339 e. The topological polar surface area (TPSA) is 86.7 Å². The van der Waals surface area contributed by atoms with Crippen LogP contribution in [0, 0.1) is 6.92 Å². The lowest BCUT2D eigenvalue weighted by Gasteiger charge is -2.34. The molecule has 1 fully saturated rings. The third-order valence-electron chi connectivity index (χ3n) is 4.34. The standard InChI is InChI=1S/C17H25N5O3/c1-4-20(17(25)15-12-18-13(2)11-19-15)6-5-16(24)22-9-7-21(8-10-22)14(3)23/h11-12H,4-10H2,1-3H3. The molecule has 8 nitrogen and oxygen atoms in total. The maximum Gasteiger partial charge on any atom is 0.274 e. The molecular formula is C17H25N5O3. The van der Waals surface area contributed by atoms with Crippen molar-refractivity contribution < 1.29 is 14.4 Å². The summed E-state index contributed by atoms with van der Waals surface area (Å²) in [5, 5.41) is 0. The third-order valence-corrected chi connectivity index (χ3v) is 4.34. The lowest BCUT2D eigenvalue weighted by Crippen LogP contribution is -2.50. The van der Waals surface area contributed by atoms with Crippen LogP contribution in [0.4, 0.5) is 0 Å². The lowest BCUT2D eigenvalue weighted by atomic mass is 10.2. The van der Waals surface area contributed by atoms with Crippen molar-refractivity contribution in [1.29, 1.82) is 0 Å². The van der Waals surface area contributed by atoms with Crippen LogP contribution < -0.4 is 0 Å². The number of rotatable bonds is 5. The van der Waals surface area contributed by atoms with Gasteiger partial charge in [-0.3, -0.25) is 19.4 Å². The van der Waals surface area contributed by atoms with Crippen LogP contribution in [0.1, 0.15) is 36.5 Å². The number of hydrogen-bond donors (Lipinski definition) is 0. The predicted molar refractivity (Wildman–Crippen MR) is 91.8 cm³/mol. The Bertz CT molecular complexity index is 624. The molecule has 0 atom stereocenters. The van der Waals surface area contributed by atoms with Gasteiger partial charge in [-0.15, -0.1) is 0 Å². The number of aromatic nitrogens is 2. The van der Waals surface area contributed by atoms with Gasteiger partial charge < -0.3 is 14.7 Å². The monoisotopic (exact) mass is 347 g/mol. The van der Waals surface area contributed by atoms with Gasteiger partial charge in [0.1, 0.15) is 5.69 Å². The van der Waals surface area contributed by atoms with Crippen LogP contribution in [0.5, 0.6) is 0 Å². The minimum atomic E-state index is -0.218. The maximum absolute atomic E-state index is 12.4. The Morgan fingerprint density at radius 3 is 2.24 bits per heavy atom. The molecule has 0 aromatic carbocycles. The van der Waals surface area contributed by atoms with Gasteiger partial charge in [0.2, 0.25) is 11.8 Å². The van der Waals surface area contributed by atoms with Gasteiger partial charge >= 0.3 is 0 Å². The summed E-state index contributed by atoms with van der Waals surface area (Å²) in [5.74, 6) is -0.178. The first-order chi connectivity index (χ1) is 11.9. The highest BCUT2D eigenvalue weighted by Gasteiger charge is 2.23. The van der Waals surface area contributed by atoms with Crippen LogP contribution in [-0.4, -0.2) is 81.7 Å². The first-order valence-electron chi connectivity index (χ1n) is 8.53. The number of hydrogen-bond acceptors (Lipinski definition) is 5. The van der Waals surface area contributed by atoms with Crippen LogP contribution in [0.2, 0.25) is 0 Å². The molecule has 0 aliphatic carbocycles. The second-order valence-corrected chi connectivity index (χ2v) is 6.06. The quantitative estimate of drug-likeness (QED) is 0.766. The molecule has 1 saturated heterocycles. The fourth-order valence-corrected chi connectivity index (χ4v) is 2.73. The summed E-state index contributed by atoms with van der Waals surface area (Å²) < 4.78 is 0. The number of piperazine rings is 1. The molecule has 1 aliphatic rings. The maximum atomic E-state index is 12.4. The molecule has 1 aromatic heterocycles. The van der Waals surface area contributed by atoms with E-state index in [1.54, 1.807) is 20.9 Å². The van der Waals surface area contributed by atoms with E-state index < -0.39 is 0 Å². The van der Waals surface area contributed by atoms with Crippen LogP contribution in [0.25, 0.3) is 0 Å². The van der Waals surface area contributed by atoms with Crippen molar-refractivity contribution in [3.63, 3.8) is 0 Å². The highest BCUT2D eigenvalue weighted by atomic mass is 16.2. The molecule has 25 heavy (non-hydrogen) atoms. The third kappa shape index (κ3) is 4.98. The fraction of sp³-hybridized carbons (Fsp3) is 0.588. The Hall–Kier alpha value is -2.51. The second-order valence-electron chi connectivity index (χ2n) is 6.06. The Morgan fingerprint density at radius 1 is 1.08 bits per heavy atom. The smallest absolute Gasteiger partial charge is 0.274 e. The molecule has 1 aliphatic heterocycles. The Balaban J connectivity index is 1.85. The number of aryl methyl sites for hydroxylation is 1. The summed E-state index contributed by atoms with van der Waals surface area (Å²) >= 11 is 0. The molecule has 0 unspecified atom stereocenters. The Kier molecular flexibility index (Phi) is 6.44. The number of amides is 3. The van der Waals surface area contributed by atoms with Crippen molar-refractivity contribution in [2.24, 2.45) is 0 Å². The van der Waals surface area contributed by atoms with E-state index in [9.17, 15) is 14.4 Å². The Morgan fingerprint density at radius 2 is 1.72 bits per heavy atom. The zero-order valence-electron chi connectivity index (χ0n) is 15.1. The molecule has 3 amide bonds. The zero-order chi connectivity index (χ0) is 18.4. The van der Waals surface area contributed by atoms with E-state index in [1.807, 2.05) is 13.8 Å². The van der Waals surface area contributed by atoms with Crippen molar-refractivity contribution in [2.75, 3.05) is 39.3 Å². The zero-order valence-corrected chi connectivity index (χ0v) is 15.1. The fourth-order valence-electron chi connectivity index (χ4n) is 2.73. The van der Waals surface area contributed by atoms with Crippen molar-refractivity contribution in [3.05, 3.63) is 23.8 Å². The number of nitrogens with zero attached hydrogens (tertiary/aromatic N) is 5. The van der Waals surface area contributed by atoms with Gasteiger partial charge in [0.25, 0.3) is 5.91 Å². The van der Waals surface area contributed by atoms with Gasteiger partial charge in [-0.2, -0.15) is 0 Å². The molecule has 8 heteroatoms. The first kappa shape index (κ1) is 18.8. The molecule has 0 N–H and O–H groups in total. The van der Waals surface area contributed by atoms with E-state index in [0.717, 1.165) is 5.69 Å². The normalized spacial score (nSPS) is 14.4. The van der Waals surface area contributed by atoms with E-state index in [2.05, 4.69) is 9.97 Å². The summed E-state index contributed by atoms with van der Waals surface area (Å²) in [5.41, 5.74) is 1.04. The van der Waals surface area contributed by atoms with Crippen LogP contribution >= 0.6 is 0 Å². The van der Waals surface area contributed by atoms with E-state index in [1.165, 1.54) is 13.1 Å². The van der Waals surface area contributed by atoms with Gasteiger partial charge in [0.15, 0.2) is 0 Å². The minimum absolute atomic E-state index is 0.00411. The number of carbonyl (C=O) groups excluding carboxylic acids is 3. The lowest BCUT2D eigenvalue weighted by molar-refractivity contribution is -0.138. The molecule has 0 spiro atoms. The second kappa shape index (κ2) is 8.55.